The summed E-state index contributed by atoms with van der Waals surface area (Å²) in [6.45, 7) is 7.67. The second-order valence-corrected chi connectivity index (χ2v) is 5.45. The first-order valence-corrected chi connectivity index (χ1v) is 7.78. The van der Waals surface area contributed by atoms with Gasteiger partial charge in [0, 0.05) is 19.3 Å². The smallest absolute Gasteiger partial charge is 0.376 e. The molecule has 0 aromatic rings. The van der Waals surface area contributed by atoms with E-state index in [1.165, 1.54) is 0 Å². The first kappa shape index (κ1) is 15.4. The Balaban J connectivity index is 3.76. The van der Waals surface area contributed by atoms with Crippen LogP contribution in [-0.4, -0.2) is 34.6 Å². The molecule has 1 unspecified atom stereocenters. The topological polar surface area (TPSA) is 27.7 Å². The number of hydrogen-bond acceptors (Lipinski definition) is 4. The molecule has 0 aliphatic heterocycles. The predicted octanol–water partition coefficient (Wildman–Crippen LogP) is 2.28. The fraction of sp³-hybridized carbons (Fsp3) is 1.00. The van der Waals surface area contributed by atoms with Crippen LogP contribution in [0.2, 0.25) is 0 Å². The summed E-state index contributed by atoms with van der Waals surface area (Å²) in [6, 6.07) is 0. The van der Waals surface area contributed by atoms with Crippen molar-refractivity contribution in [1.29, 1.82) is 0 Å². The Morgan fingerprint density at radius 3 is 2.07 bits per heavy atom. The number of hydrogen-bond donors (Lipinski definition) is 1. The van der Waals surface area contributed by atoms with Crippen LogP contribution in [0.3, 0.4) is 0 Å². The second kappa shape index (κ2) is 10.9. The van der Waals surface area contributed by atoms with Gasteiger partial charge in [-0.3, -0.25) is 0 Å². The van der Waals surface area contributed by atoms with Crippen molar-refractivity contribution < 1.29 is 13.3 Å². The van der Waals surface area contributed by atoms with Crippen molar-refractivity contribution in [2.75, 3.05) is 19.0 Å². The third-order valence-corrected chi connectivity index (χ3v) is 3.76. The van der Waals surface area contributed by atoms with Gasteiger partial charge in [-0.05, 0) is 31.9 Å². The molecular formula is C10H24O3SSi. The number of rotatable bonds is 10. The van der Waals surface area contributed by atoms with Gasteiger partial charge in [0.1, 0.15) is 0 Å². The van der Waals surface area contributed by atoms with E-state index in [2.05, 4.69) is 26.5 Å². The van der Waals surface area contributed by atoms with E-state index in [4.69, 9.17) is 13.3 Å². The molecule has 0 aromatic heterocycles. The zero-order chi connectivity index (χ0) is 11.5. The zero-order valence-corrected chi connectivity index (χ0v) is 12.1. The Labute approximate surface area is 101 Å². The van der Waals surface area contributed by atoms with Crippen LogP contribution in [0.15, 0.2) is 0 Å². The van der Waals surface area contributed by atoms with Crippen molar-refractivity contribution in [3.63, 3.8) is 0 Å². The largest absolute Gasteiger partial charge is 0.484 e. The summed E-state index contributed by atoms with van der Waals surface area (Å²) in [5.74, 6) is 0.837. The van der Waals surface area contributed by atoms with Crippen molar-refractivity contribution in [2.45, 2.75) is 46.1 Å². The van der Waals surface area contributed by atoms with Crippen LogP contribution >= 0.6 is 12.6 Å². The molecule has 0 bridgehead atoms. The summed E-state index contributed by atoms with van der Waals surface area (Å²) < 4.78 is 16.9. The van der Waals surface area contributed by atoms with E-state index in [0.29, 0.717) is 0 Å². The second-order valence-electron chi connectivity index (χ2n) is 3.49. The predicted molar refractivity (Wildman–Crippen MR) is 68.7 cm³/mol. The van der Waals surface area contributed by atoms with E-state index >= 15 is 0 Å². The molecule has 5 heteroatoms. The normalized spacial score (nSPS) is 13.4. The summed E-state index contributed by atoms with van der Waals surface area (Å²) in [4.78, 5) is 0. The van der Waals surface area contributed by atoms with E-state index in [9.17, 15) is 0 Å². The zero-order valence-electron chi connectivity index (χ0n) is 10.1. The summed E-state index contributed by atoms with van der Waals surface area (Å²) in [5.41, 5.74) is 0. The minimum absolute atomic E-state index is 0.188. The molecule has 15 heavy (non-hydrogen) atoms. The van der Waals surface area contributed by atoms with Crippen molar-refractivity contribution >= 4 is 22.2 Å². The number of thiol groups is 1. The van der Waals surface area contributed by atoms with Gasteiger partial charge in [0.25, 0.3) is 0 Å². The van der Waals surface area contributed by atoms with Gasteiger partial charge in [0.2, 0.25) is 0 Å². The maximum atomic E-state index is 5.74. The van der Waals surface area contributed by atoms with Crippen LogP contribution in [-0.2, 0) is 13.3 Å². The molecule has 0 spiro atoms. The van der Waals surface area contributed by atoms with Crippen molar-refractivity contribution in [3.8, 4) is 0 Å². The first-order valence-electron chi connectivity index (χ1n) is 5.74. The minimum atomic E-state index is -1.89. The van der Waals surface area contributed by atoms with Crippen molar-refractivity contribution in [1.82, 2.24) is 0 Å². The molecule has 0 rings (SSSR count). The standard InChI is InChI=1S/C10H24O3SSi/c1-4-7-11-15(12-8-5-2)13-10(3)6-9-14/h10,14-15H,4-9H2,1-3H3. The lowest BCUT2D eigenvalue weighted by atomic mass is 10.3. The maximum Gasteiger partial charge on any atom is 0.484 e. The highest BCUT2D eigenvalue weighted by Crippen LogP contribution is 2.04. The minimum Gasteiger partial charge on any atom is -0.376 e. The molecule has 3 nitrogen and oxygen atoms in total. The summed E-state index contributed by atoms with van der Waals surface area (Å²) in [7, 11) is -1.89. The summed E-state index contributed by atoms with van der Waals surface area (Å²) in [6.07, 6.45) is 3.14. The molecule has 0 saturated carbocycles. The molecule has 0 aliphatic rings. The lowest BCUT2D eigenvalue weighted by molar-refractivity contribution is 0.0628. The Morgan fingerprint density at radius 1 is 1.13 bits per heavy atom. The molecule has 0 saturated heterocycles. The van der Waals surface area contributed by atoms with Gasteiger partial charge in [-0.2, -0.15) is 12.6 Å². The fourth-order valence-corrected chi connectivity index (χ4v) is 2.98. The average Bonchev–Trinajstić information content (AvgIpc) is 2.22. The third-order valence-electron chi connectivity index (χ3n) is 1.80. The monoisotopic (exact) mass is 252 g/mol. The van der Waals surface area contributed by atoms with Crippen LogP contribution < -0.4 is 0 Å². The highest BCUT2D eigenvalue weighted by atomic mass is 32.1. The molecular weight excluding hydrogens is 228 g/mol. The van der Waals surface area contributed by atoms with E-state index in [1.54, 1.807) is 0 Å². The molecule has 0 fully saturated rings. The molecule has 0 radical (unpaired) electrons. The van der Waals surface area contributed by atoms with Crippen molar-refractivity contribution in [2.24, 2.45) is 0 Å². The molecule has 1 atom stereocenters. The van der Waals surface area contributed by atoms with Gasteiger partial charge in [0.05, 0.1) is 0 Å². The van der Waals surface area contributed by atoms with Gasteiger partial charge in [0.15, 0.2) is 0 Å². The Hall–Kier alpha value is 0.447. The lowest BCUT2D eigenvalue weighted by Gasteiger charge is -2.20. The average molecular weight is 252 g/mol. The summed E-state index contributed by atoms with van der Waals surface area (Å²) >= 11 is 4.18. The van der Waals surface area contributed by atoms with E-state index in [-0.39, 0.29) is 6.10 Å². The van der Waals surface area contributed by atoms with Crippen LogP contribution in [0, 0.1) is 0 Å². The van der Waals surface area contributed by atoms with Crippen molar-refractivity contribution in [3.05, 3.63) is 0 Å². The molecule has 0 N–H and O–H groups in total. The Morgan fingerprint density at radius 2 is 1.67 bits per heavy atom. The summed E-state index contributed by atoms with van der Waals surface area (Å²) in [5, 5.41) is 0. The van der Waals surface area contributed by atoms with Gasteiger partial charge in [-0.1, -0.05) is 13.8 Å². The fourth-order valence-electron chi connectivity index (χ4n) is 0.994. The van der Waals surface area contributed by atoms with Crippen LogP contribution in [0.4, 0.5) is 0 Å². The molecule has 0 aromatic carbocycles. The van der Waals surface area contributed by atoms with Crippen LogP contribution in [0.5, 0.6) is 0 Å². The first-order chi connectivity index (χ1) is 7.24. The molecule has 92 valence electrons. The van der Waals surface area contributed by atoms with Gasteiger partial charge in [-0.25, -0.2) is 0 Å². The SMILES string of the molecule is CCCO[SiH](OCCC)OC(C)CCS. The van der Waals surface area contributed by atoms with Crippen LogP contribution in [0.1, 0.15) is 40.0 Å². The lowest BCUT2D eigenvalue weighted by Crippen LogP contribution is -2.32. The molecule has 0 heterocycles. The van der Waals surface area contributed by atoms with Gasteiger partial charge < -0.3 is 13.3 Å². The van der Waals surface area contributed by atoms with E-state index < -0.39 is 9.53 Å². The van der Waals surface area contributed by atoms with Crippen LogP contribution in [0.25, 0.3) is 0 Å². The Bertz CT molecular complexity index is 130. The molecule has 0 amide bonds. The Kier molecular flexibility index (Phi) is 11.3. The van der Waals surface area contributed by atoms with E-state index in [0.717, 1.165) is 38.2 Å². The molecule has 0 aliphatic carbocycles. The van der Waals surface area contributed by atoms with Gasteiger partial charge >= 0.3 is 9.53 Å². The maximum absolute atomic E-state index is 5.74. The highest BCUT2D eigenvalue weighted by Gasteiger charge is 2.17. The third kappa shape index (κ3) is 9.38. The van der Waals surface area contributed by atoms with E-state index in [1.807, 2.05) is 6.92 Å². The van der Waals surface area contributed by atoms with Gasteiger partial charge in [-0.15, -0.1) is 0 Å². The highest BCUT2D eigenvalue weighted by molar-refractivity contribution is 7.80. The quantitative estimate of drug-likeness (QED) is 0.477.